The van der Waals surface area contributed by atoms with Crippen LogP contribution in [0.5, 0.6) is 0 Å². The molecule has 1 aliphatic rings. The van der Waals surface area contributed by atoms with Crippen molar-refractivity contribution in [1.29, 1.82) is 0 Å². The predicted octanol–water partition coefficient (Wildman–Crippen LogP) is 3.94. The van der Waals surface area contributed by atoms with Gasteiger partial charge in [0.25, 0.3) is 5.56 Å². The molecule has 0 radical (unpaired) electrons. The summed E-state index contributed by atoms with van der Waals surface area (Å²) in [5.41, 5.74) is 2.15. The van der Waals surface area contributed by atoms with E-state index in [0.717, 1.165) is 44.3 Å². The number of halogens is 1. The number of amides is 1. The zero-order valence-electron chi connectivity index (χ0n) is 17.8. The maximum atomic E-state index is 14.0. The summed E-state index contributed by atoms with van der Waals surface area (Å²) < 4.78 is 17.3. The number of carbonyl (C=O) groups excluding carboxylic acids is 1. The van der Waals surface area contributed by atoms with E-state index in [0.29, 0.717) is 28.5 Å². The van der Waals surface area contributed by atoms with E-state index >= 15 is 0 Å². The highest BCUT2D eigenvalue weighted by Crippen LogP contribution is 2.26. The van der Waals surface area contributed by atoms with Gasteiger partial charge in [-0.25, -0.2) is 9.37 Å². The first-order valence-electron chi connectivity index (χ1n) is 11.1. The minimum atomic E-state index is -0.398. The second-order valence-electron chi connectivity index (χ2n) is 8.40. The molecular weight excluding hydrogens is 407 g/mol. The molecule has 1 aliphatic heterocycles. The number of hydrogen-bond donors (Lipinski definition) is 0. The fraction of sp³-hybridized carbons (Fsp3) is 0.320. The first-order chi connectivity index (χ1) is 15.6. The van der Waals surface area contributed by atoms with E-state index in [9.17, 15) is 14.0 Å². The number of carbonyl (C=O) groups is 1. The lowest BCUT2D eigenvalue weighted by atomic mass is 10.2. The summed E-state index contributed by atoms with van der Waals surface area (Å²) >= 11 is 0. The third kappa shape index (κ3) is 3.79. The van der Waals surface area contributed by atoms with Gasteiger partial charge < -0.3 is 9.47 Å². The average Bonchev–Trinajstić information content (AvgIpc) is 2.96. The quantitative estimate of drug-likeness (QED) is 0.491. The lowest BCUT2D eigenvalue weighted by Crippen LogP contribution is -2.35. The van der Waals surface area contributed by atoms with Crippen LogP contribution in [-0.4, -0.2) is 38.0 Å². The first kappa shape index (κ1) is 20.4. The number of hydrogen-bond acceptors (Lipinski definition) is 3. The van der Waals surface area contributed by atoms with Gasteiger partial charge in [0.2, 0.25) is 5.91 Å². The average molecular weight is 432 g/mol. The van der Waals surface area contributed by atoms with Crippen molar-refractivity contribution in [3.05, 3.63) is 76.6 Å². The van der Waals surface area contributed by atoms with Crippen LogP contribution in [0.15, 0.2) is 59.7 Å². The van der Waals surface area contributed by atoms with Crippen LogP contribution in [0.3, 0.4) is 0 Å². The molecule has 0 bridgehead atoms. The van der Waals surface area contributed by atoms with Crippen molar-refractivity contribution in [2.24, 2.45) is 0 Å². The second kappa shape index (κ2) is 8.57. The van der Waals surface area contributed by atoms with Gasteiger partial charge in [-0.05, 0) is 36.6 Å². The monoisotopic (exact) mass is 432 g/mol. The minimum Gasteiger partial charge on any atom is -0.341 e. The topological polar surface area (TPSA) is 60.1 Å². The molecular formula is C25H25FN4O2. The molecule has 0 aliphatic carbocycles. The van der Waals surface area contributed by atoms with Gasteiger partial charge in [-0.2, -0.15) is 0 Å². The normalized spacial score (nSPS) is 14.7. The van der Waals surface area contributed by atoms with Gasteiger partial charge in [0, 0.05) is 18.5 Å². The maximum absolute atomic E-state index is 14.0. The van der Waals surface area contributed by atoms with Crippen LogP contribution < -0.4 is 5.56 Å². The standard InChI is InChI=1S/C25H25FN4O2/c26-19-10-11-21-20(14-19)23-24(30(21)16-22(31)28-12-6-1-2-7-13-28)25(32)29(17-27-23)15-18-8-4-3-5-9-18/h3-5,8-11,14,17H,1-2,6-7,12-13,15-16H2. The van der Waals surface area contributed by atoms with E-state index in [2.05, 4.69) is 4.98 Å². The molecule has 0 N–H and O–H groups in total. The summed E-state index contributed by atoms with van der Waals surface area (Å²) in [4.78, 5) is 33.1. The fourth-order valence-corrected chi connectivity index (χ4v) is 4.58. The largest absolute Gasteiger partial charge is 0.341 e. The summed E-state index contributed by atoms with van der Waals surface area (Å²) in [7, 11) is 0. The van der Waals surface area contributed by atoms with Crippen LogP contribution >= 0.6 is 0 Å². The highest BCUT2D eigenvalue weighted by molar-refractivity contribution is 6.06. The summed E-state index contributed by atoms with van der Waals surface area (Å²) in [6.07, 6.45) is 5.76. The van der Waals surface area contributed by atoms with E-state index in [-0.39, 0.29) is 18.0 Å². The smallest absolute Gasteiger partial charge is 0.278 e. The van der Waals surface area contributed by atoms with Crippen LogP contribution in [0.25, 0.3) is 21.9 Å². The van der Waals surface area contributed by atoms with Gasteiger partial charge in [0.05, 0.1) is 18.4 Å². The van der Waals surface area contributed by atoms with Crippen LogP contribution in [0.4, 0.5) is 4.39 Å². The molecule has 1 amide bonds. The Hall–Kier alpha value is -3.48. The zero-order valence-corrected chi connectivity index (χ0v) is 17.8. The van der Waals surface area contributed by atoms with Crippen molar-refractivity contribution in [3.63, 3.8) is 0 Å². The summed E-state index contributed by atoms with van der Waals surface area (Å²) in [5.74, 6) is -0.418. The second-order valence-corrected chi connectivity index (χ2v) is 8.40. The highest BCUT2D eigenvalue weighted by Gasteiger charge is 2.22. The molecule has 1 fully saturated rings. The summed E-state index contributed by atoms with van der Waals surface area (Å²) in [6.45, 7) is 1.89. The van der Waals surface area contributed by atoms with E-state index < -0.39 is 5.82 Å². The Morgan fingerprint density at radius 3 is 2.50 bits per heavy atom. The Morgan fingerprint density at radius 1 is 1.00 bits per heavy atom. The molecule has 3 heterocycles. The molecule has 32 heavy (non-hydrogen) atoms. The Kier molecular flexibility index (Phi) is 5.47. The lowest BCUT2D eigenvalue weighted by Gasteiger charge is -2.21. The Balaban J connectivity index is 1.62. The molecule has 2 aromatic carbocycles. The van der Waals surface area contributed by atoms with Crippen molar-refractivity contribution < 1.29 is 9.18 Å². The fourth-order valence-electron chi connectivity index (χ4n) is 4.58. The van der Waals surface area contributed by atoms with E-state index in [1.807, 2.05) is 35.2 Å². The van der Waals surface area contributed by atoms with Crippen LogP contribution in [-0.2, 0) is 17.9 Å². The molecule has 0 spiro atoms. The van der Waals surface area contributed by atoms with Gasteiger partial charge >= 0.3 is 0 Å². The molecule has 1 saturated heterocycles. The Bertz CT molecular complexity index is 1340. The number of benzene rings is 2. The van der Waals surface area contributed by atoms with Crippen molar-refractivity contribution in [1.82, 2.24) is 19.0 Å². The van der Waals surface area contributed by atoms with Crippen molar-refractivity contribution in [2.75, 3.05) is 13.1 Å². The molecule has 2 aromatic heterocycles. The Morgan fingerprint density at radius 2 is 1.75 bits per heavy atom. The molecule has 6 nitrogen and oxygen atoms in total. The third-order valence-corrected chi connectivity index (χ3v) is 6.24. The lowest BCUT2D eigenvalue weighted by molar-refractivity contribution is -0.131. The van der Waals surface area contributed by atoms with Gasteiger partial charge in [0.1, 0.15) is 23.4 Å². The molecule has 0 atom stereocenters. The molecule has 164 valence electrons. The van der Waals surface area contributed by atoms with Crippen LogP contribution in [0.2, 0.25) is 0 Å². The van der Waals surface area contributed by atoms with Gasteiger partial charge in [0.15, 0.2) is 0 Å². The van der Waals surface area contributed by atoms with Crippen LogP contribution in [0, 0.1) is 5.82 Å². The maximum Gasteiger partial charge on any atom is 0.278 e. The Labute approximate surface area is 184 Å². The summed E-state index contributed by atoms with van der Waals surface area (Å²) in [5, 5.41) is 0.549. The summed E-state index contributed by atoms with van der Waals surface area (Å²) in [6, 6.07) is 14.0. The zero-order chi connectivity index (χ0) is 22.1. The number of aromatic nitrogens is 3. The minimum absolute atomic E-state index is 0.0205. The van der Waals surface area contributed by atoms with Crippen LogP contribution in [0.1, 0.15) is 31.2 Å². The number of rotatable bonds is 4. The first-order valence-corrected chi connectivity index (χ1v) is 11.1. The molecule has 4 aromatic rings. The van der Waals surface area contributed by atoms with E-state index in [4.69, 9.17) is 0 Å². The molecule has 0 saturated carbocycles. The van der Waals surface area contributed by atoms with Gasteiger partial charge in [-0.15, -0.1) is 0 Å². The molecule has 7 heteroatoms. The van der Waals surface area contributed by atoms with Gasteiger partial charge in [-0.3, -0.25) is 14.2 Å². The van der Waals surface area contributed by atoms with Gasteiger partial charge in [-0.1, -0.05) is 43.2 Å². The highest BCUT2D eigenvalue weighted by atomic mass is 19.1. The predicted molar refractivity (Wildman–Crippen MR) is 122 cm³/mol. The van der Waals surface area contributed by atoms with Crippen molar-refractivity contribution >= 4 is 27.8 Å². The van der Waals surface area contributed by atoms with Crippen molar-refractivity contribution in [3.8, 4) is 0 Å². The number of nitrogens with zero attached hydrogens (tertiary/aromatic N) is 4. The SMILES string of the molecule is O=C(Cn1c2ccc(F)cc2c2ncn(Cc3ccccc3)c(=O)c21)N1CCCCCC1. The molecule has 5 rings (SSSR count). The number of likely N-dealkylation sites (tertiary alicyclic amines) is 1. The van der Waals surface area contributed by atoms with E-state index in [1.54, 1.807) is 15.2 Å². The van der Waals surface area contributed by atoms with Crippen molar-refractivity contribution in [2.45, 2.75) is 38.8 Å². The third-order valence-electron chi connectivity index (χ3n) is 6.24. The molecule has 0 unspecified atom stereocenters. The number of fused-ring (bicyclic) bond motifs is 3. The van der Waals surface area contributed by atoms with E-state index in [1.165, 1.54) is 18.5 Å².